The van der Waals surface area contributed by atoms with Crippen LogP contribution in [0, 0.1) is 13.8 Å². The fourth-order valence-electron chi connectivity index (χ4n) is 3.46. The van der Waals surface area contributed by atoms with Crippen LogP contribution >= 0.6 is 0 Å². The SMILES string of the molecule is Cc1cccc(C)c1C1C=NN(C)C(=NCc2cc(-c3ccccc3)n[nH]2)N1. The summed E-state index contributed by atoms with van der Waals surface area (Å²) in [5.41, 5.74) is 6.71. The zero-order valence-corrected chi connectivity index (χ0v) is 16.3. The molecule has 2 heterocycles. The number of aromatic amines is 1. The lowest BCUT2D eigenvalue weighted by atomic mass is 9.96. The summed E-state index contributed by atoms with van der Waals surface area (Å²) in [6.07, 6.45) is 1.93. The van der Waals surface area contributed by atoms with Gasteiger partial charge in [-0.05, 0) is 36.6 Å². The molecule has 0 saturated carbocycles. The zero-order valence-electron chi connectivity index (χ0n) is 16.3. The highest BCUT2D eigenvalue weighted by molar-refractivity contribution is 5.87. The first-order valence-corrected chi connectivity index (χ1v) is 9.36. The first-order chi connectivity index (χ1) is 13.6. The minimum absolute atomic E-state index is 0.0118. The van der Waals surface area contributed by atoms with Gasteiger partial charge in [-0.3, -0.25) is 5.10 Å². The molecule has 1 aliphatic heterocycles. The Labute approximate surface area is 165 Å². The summed E-state index contributed by atoms with van der Waals surface area (Å²) in [7, 11) is 1.89. The van der Waals surface area contributed by atoms with Crippen LogP contribution in [0.25, 0.3) is 11.3 Å². The number of aryl methyl sites for hydroxylation is 2. The third-order valence-electron chi connectivity index (χ3n) is 4.93. The average Bonchev–Trinajstić information content (AvgIpc) is 3.18. The van der Waals surface area contributed by atoms with E-state index in [1.54, 1.807) is 5.01 Å². The lowest BCUT2D eigenvalue weighted by Gasteiger charge is -2.28. The van der Waals surface area contributed by atoms with E-state index in [0.717, 1.165) is 22.9 Å². The number of rotatable bonds is 4. The van der Waals surface area contributed by atoms with E-state index in [0.29, 0.717) is 6.54 Å². The van der Waals surface area contributed by atoms with E-state index in [1.165, 1.54) is 16.7 Å². The number of nitrogens with one attached hydrogen (secondary N) is 2. The van der Waals surface area contributed by atoms with Crippen molar-refractivity contribution in [2.75, 3.05) is 7.05 Å². The molecule has 4 rings (SSSR count). The maximum absolute atomic E-state index is 4.72. The Morgan fingerprint density at radius 1 is 1.04 bits per heavy atom. The van der Waals surface area contributed by atoms with Gasteiger partial charge in [0.1, 0.15) is 0 Å². The molecule has 28 heavy (non-hydrogen) atoms. The van der Waals surface area contributed by atoms with Gasteiger partial charge in [0.05, 0.1) is 30.2 Å². The van der Waals surface area contributed by atoms with Crippen LogP contribution in [0.2, 0.25) is 0 Å². The number of aliphatic imine (C=N–C) groups is 1. The lowest BCUT2D eigenvalue weighted by Crippen LogP contribution is -2.43. The van der Waals surface area contributed by atoms with Crippen LogP contribution in [-0.4, -0.2) is 34.4 Å². The molecule has 3 aromatic rings. The molecule has 0 fully saturated rings. The fraction of sp³-hybridized carbons (Fsp3) is 0.227. The van der Waals surface area contributed by atoms with Crippen molar-refractivity contribution in [3.8, 4) is 11.3 Å². The molecular weight excluding hydrogens is 348 g/mol. The van der Waals surface area contributed by atoms with Gasteiger partial charge in [-0.1, -0.05) is 48.5 Å². The van der Waals surface area contributed by atoms with E-state index in [9.17, 15) is 0 Å². The van der Waals surface area contributed by atoms with Crippen LogP contribution in [0.1, 0.15) is 28.4 Å². The molecule has 142 valence electrons. The number of guanidine groups is 1. The highest BCUT2D eigenvalue weighted by Gasteiger charge is 2.21. The molecule has 0 aliphatic carbocycles. The van der Waals surface area contributed by atoms with Crippen molar-refractivity contribution in [3.63, 3.8) is 0 Å². The van der Waals surface area contributed by atoms with Crippen molar-refractivity contribution >= 4 is 12.2 Å². The van der Waals surface area contributed by atoms with E-state index in [-0.39, 0.29) is 6.04 Å². The molecule has 0 amide bonds. The van der Waals surface area contributed by atoms with Gasteiger partial charge in [0.25, 0.3) is 0 Å². The first-order valence-electron chi connectivity index (χ1n) is 9.36. The highest BCUT2D eigenvalue weighted by Crippen LogP contribution is 2.23. The monoisotopic (exact) mass is 372 g/mol. The predicted molar refractivity (Wildman–Crippen MR) is 113 cm³/mol. The minimum Gasteiger partial charge on any atom is -0.343 e. The number of aromatic nitrogens is 2. The Hall–Kier alpha value is -3.41. The van der Waals surface area contributed by atoms with E-state index < -0.39 is 0 Å². The van der Waals surface area contributed by atoms with Gasteiger partial charge < -0.3 is 5.32 Å². The molecule has 2 N–H and O–H groups in total. The molecular formula is C22H24N6. The van der Waals surface area contributed by atoms with Crippen molar-refractivity contribution in [2.24, 2.45) is 10.1 Å². The van der Waals surface area contributed by atoms with Crippen LogP contribution in [-0.2, 0) is 6.54 Å². The Kier molecular flexibility index (Phi) is 4.93. The van der Waals surface area contributed by atoms with Crippen LogP contribution in [0.5, 0.6) is 0 Å². The summed E-state index contributed by atoms with van der Waals surface area (Å²) in [5.74, 6) is 0.742. The van der Waals surface area contributed by atoms with Gasteiger partial charge in [-0.2, -0.15) is 10.2 Å². The Morgan fingerprint density at radius 2 is 1.79 bits per heavy atom. The first kappa shape index (κ1) is 18.0. The van der Waals surface area contributed by atoms with Crippen LogP contribution < -0.4 is 5.32 Å². The largest absolute Gasteiger partial charge is 0.343 e. The normalized spacial score (nSPS) is 17.8. The number of nitrogens with zero attached hydrogens (tertiary/aromatic N) is 4. The van der Waals surface area contributed by atoms with Crippen molar-refractivity contribution in [3.05, 3.63) is 77.0 Å². The number of benzene rings is 2. The fourth-order valence-corrected chi connectivity index (χ4v) is 3.46. The third kappa shape index (κ3) is 3.67. The van der Waals surface area contributed by atoms with E-state index in [1.807, 2.05) is 49.7 Å². The molecule has 6 nitrogen and oxygen atoms in total. The maximum Gasteiger partial charge on any atom is 0.215 e. The molecule has 0 bridgehead atoms. The second-order valence-corrected chi connectivity index (χ2v) is 7.00. The third-order valence-corrected chi connectivity index (χ3v) is 4.93. The number of hydrogen-bond donors (Lipinski definition) is 2. The summed E-state index contributed by atoms with van der Waals surface area (Å²) >= 11 is 0. The molecule has 0 spiro atoms. The zero-order chi connectivity index (χ0) is 19.5. The average molecular weight is 372 g/mol. The maximum atomic E-state index is 4.72. The Balaban J connectivity index is 1.52. The van der Waals surface area contributed by atoms with Gasteiger partial charge in [-0.25, -0.2) is 10.0 Å². The highest BCUT2D eigenvalue weighted by atomic mass is 15.5. The molecule has 1 atom stereocenters. The van der Waals surface area contributed by atoms with E-state index in [2.05, 4.69) is 52.7 Å². The minimum atomic E-state index is 0.0118. The molecule has 0 radical (unpaired) electrons. The number of hydrogen-bond acceptors (Lipinski definition) is 3. The topological polar surface area (TPSA) is 68.7 Å². The van der Waals surface area contributed by atoms with Crippen molar-refractivity contribution in [1.82, 2.24) is 20.5 Å². The van der Waals surface area contributed by atoms with Gasteiger partial charge >= 0.3 is 0 Å². The molecule has 6 heteroatoms. The van der Waals surface area contributed by atoms with Crippen LogP contribution in [0.3, 0.4) is 0 Å². The summed E-state index contributed by atoms with van der Waals surface area (Å²) in [6, 6.07) is 18.5. The smallest absolute Gasteiger partial charge is 0.215 e. The Bertz CT molecular complexity index is 998. The predicted octanol–water partition coefficient (Wildman–Crippen LogP) is 3.81. The Morgan fingerprint density at radius 3 is 2.54 bits per heavy atom. The molecule has 1 aliphatic rings. The summed E-state index contributed by atoms with van der Waals surface area (Å²) < 4.78 is 0. The van der Waals surface area contributed by atoms with Crippen molar-refractivity contribution < 1.29 is 0 Å². The number of hydrazone groups is 1. The van der Waals surface area contributed by atoms with Gasteiger partial charge in [0.15, 0.2) is 0 Å². The molecule has 0 saturated heterocycles. The molecule has 1 unspecified atom stereocenters. The van der Waals surface area contributed by atoms with Gasteiger partial charge in [0.2, 0.25) is 5.96 Å². The summed E-state index contributed by atoms with van der Waals surface area (Å²) in [6.45, 7) is 4.76. The van der Waals surface area contributed by atoms with Crippen LogP contribution in [0.4, 0.5) is 0 Å². The van der Waals surface area contributed by atoms with E-state index >= 15 is 0 Å². The van der Waals surface area contributed by atoms with Crippen molar-refractivity contribution in [1.29, 1.82) is 0 Å². The van der Waals surface area contributed by atoms with Gasteiger partial charge in [0, 0.05) is 12.6 Å². The summed E-state index contributed by atoms with van der Waals surface area (Å²) in [4.78, 5) is 4.72. The standard InChI is InChI=1S/C22H24N6/c1-15-8-7-9-16(2)21(15)20-14-24-28(3)22(25-20)23-13-18-12-19(27-26-18)17-10-5-4-6-11-17/h4-12,14,20H,13H2,1-3H3,(H,23,25)(H,26,27). The second-order valence-electron chi connectivity index (χ2n) is 7.00. The van der Waals surface area contributed by atoms with Crippen molar-refractivity contribution in [2.45, 2.75) is 26.4 Å². The number of H-pyrrole nitrogens is 1. The second kappa shape index (κ2) is 7.68. The molecule has 2 aromatic carbocycles. The van der Waals surface area contributed by atoms with E-state index in [4.69, 9.17) is 4.99 Å². The lowest BCUT2D eigenvalue weighted by molar-refractivity contribution is 0.487. The molecule has 1 aromatic heterocycles. The quantitative estimate of drug-likeness (QED) is 0.732. The van der Waals surface area contributed by atoms with Crippen LogP contribution in [0.15, 0.2) is 64.7 Å². The summed E-state index contributed by atoms with van der Waals surface area (Å²) in [5, 5.41) is 17.2. The van der Waals surface area contributed by atoms with Gasteiger partial charge in [-0.15, -0.1) is 0 Å².